The van der Waals surface area contributed by atoms with Crippen molar-refractivity contribution in [2.45, 2.75) is 66.2 Å². The van der Waals surface area contributed by atoms with E-state index in [1.165, 1.54) is 0 Å². The Labute approximate surface area is 259 Å². The maximum Gasteiger partial charge on any atom is 0.167 e. The predicted octanol–water partition coefficient (Wildman–Crippen LogP) is 8.22. The molecule has 9 nitrogen and oxygen atoms in total. The van der Waals surface area contributed by atoms with E-state index < -0.39 is 0 Å². The SMILES string of the molecule is CCCCOc1ccc(-c2nc(-c3ccc(OCCCC)cc3O)nc(-c3ccc(OCCCC)cc3OCC)n2)c(O)c1. The van der Waals surface area contributed by atoms with E-state index in [1.54, 1.807) is 36.4 Å². The van der Waals surface area contributed by atoms with Crippen LogP contribution in [-0.2, 0) is 0 Å². The normalized spacial score (nSPS) is 10.9. The first-order valence-corrected chi connectivity index (χ1v) is 15.6. The van der Waals surface area contributed by atoms with Gasteiger partial charge in [0.1, 0.15) is 34.5 Å². The van der Waals surface area contributed by atoms with Gasteiger partial charge in [-0.3, -0.25) is 0 Å². The molecule has 0 amide bonds. The zero-order chi connectivity index (χ0) is 31.3. The zero-order valence-corrected chi connectivity index (χ0v) is 26.1. The lowest BCUT2D eigenvalue weighted by atomic mass is 10.1. The maximum atomic E-state index is 11.0. The van der Waals surface area contributed by atoms with E-state index in [0.717, 1.165) is 38.5 Å². The maximum absolute atomic E-state index is 11.0. The summed E-state index contributed by atoms with van der Waals surface area (Å²) < 4.78 is 23.4. The van der Waals surface area contributed by atoms with E-state index in [4.69, 9.17) is 28.9 Å². The first-order chi connectivity index (χ1) is 21.5. The van der Waals surface area contributed by atoms with Crippen molar-refractivity contribution in [1.82, 2.24) is 15.0 Å². The average Bonchev–Trinajstić information content (AvgIpc) is 3.02. The van der Waals surface area contributed by atoms with Crippen molar-refractivity contribution < 1.29 is 29.2 Å². The Hall–Kier alpha value is -4.53. The molecule has 0 spiro atoms. The largest absolute Gasteiger partial charge is 0.507 e. The van der Waals surface area contributed by atoms with Crippen LogP contribution in [0.4, 0.5) is 0 Å². The van der Waals surface area contributed by atoms with Crippen LogP contribution in [0, 0.1) is 0 Å². The third-order valence-corrected chi connectivity index (χ3v) is 6.85. The van der Waals surface area contributed by atoms with Crippen LogP contribution in [0.3, 0.4) is 0 Å². The monoisotopic (exact) mass is 601 g/mol. The van der Waals surface area contributed by atoms with Crippen LogP contribution in [0.5, 0.6) is 34.5 Å². The van der Waals surface area contributed by atoms with E-state index in [1.807, 2.05) is 25.1 Å². The lowest BCUT2D eigenvalue weighted by molar-refractivity contribution is 0.303. The number of aromatic hydroxyl groups is 2. The van der Waals surface area contributed by atoms with Gasteiger partial charge in [-0.25, -0.2) is 15.0 Å². The second-order valence-electron chi connectivity index (χ2n) is 10.4. The third kappa shape index (κ3) is 8.52. The fourth-order valence-corrected chi connectivity index (χ4v) is 4.37. The van der Waals surface area contributed by atoms with Gasteiger partial charge in [0.05, 0.1) is 43.1 Å². The Morgan fingerprint density at radius 2 is 0.886 bits per heavy atom. The molecule has 4 rings (SSSR count). The summed E-state index contributed by atoms with van der Waals surface area (Å²) in [7, 11) is 0. The molecule has 3 aromatic carbocycles. The van der Waals surface area contributed by atoms with Crippen LogP contribution >= 0.6 is 0 Å². The number of rotatable bonds is 17. The van der Waals surface area contributed by atoms with Gasteiger partial charge in [0.25, 0.3) is 0 Å². The molecule has 9 heteroatoms. The summed E-state index contributed by atoms with van der Waals surface area (Å²) in [6.45, 7) is 10.4. The molecule has 0 unspecified atom stereocenters. The number of aromatic nitrogens is 3. The summed E-state index contributed by atoms with van der Waals surface area (Å²) in [5.41, 5.74) is 1.42. The summed E-state index contributed by atoms with van der Waals surface area (Å²) in [6.07, 6.45) is 5.83. The first kappa shape index (κ1) is 32.4. The number of phenols is 2. The Kier molecular flexibility index (Phi) is 12.0. The molecule has 0 aliphatic heterocycles. The number of unbranched alkanes of at least 4 members (excludes halogenated alkanes) is 3. The topological polar surface area (TPSA) is 116 Å². The van der Waals surface area contributed by atoms with Crippen LogP contribution in [-0.4, -0.2) is 51.6 Å². The third-order valence-electron chi connectivity index (χ3n) is 6.85. The number of nitrogens with zero attached hydrogens (tertiary/aromatic N) is 3. The quantitative estimate of drug-likeness (QED) is 0.115. The van der Waals surface area contributed by atoms with Gasteiger partial charge in [-0.05, 0) is 62.6 Å². The van der Waals surface area contributed by atoms with Crippen molar-refractivity contribution >= 4 is 0 Å². The van der Waals surface area contributed by atoms with E-state index >= 15 is 0 Å². The van der Waals surface area contributed by atoms with Crippen LogP contribution < -0.4 is 18.9 Å². The van der Waals surface area contributed by atoms with Gasteiger partial charge in [-0.15, -0.1) is 0 Å². The molecular weight excluding hydrogens is 558 g/mol. The summed E-state index contributed by atoms with van der Waals surface area (Å²) in [5.74, 6) is 3.08. The summed E-state index contributed by atoms with van der Waals surface area (Å²) in [6, 6.07) is 15.7. The first-order valence-electron chi connectivity index (χ1n) is 15.6. The number of hydrogen-bond donors (Lipinski definition) is 2. The fourth-order valence-electron chi connectivity index (χ4n) is 4.37. The van der Waals surface area contributed by atoms with Crippen LogP contribution in [0.1, 0.15) is 66.2 Å². The molecule has 0 saturated carbocycles. The highest BCUT2D eigenvalue weighted by molar-refractivity contribution is 5.74. The molecule has 0 bridgehead atoms. The van der Waals surface area contributed by atoms with Gasteiger partial charge in [-0.1, -0.05) is 40.0 Å². The Bertz CT molecular complexity index is 1430. The van der Waals surface area contributed by atoms with Crippen molar-refractivity contribution in [3.63, 3.8) is 0 Å². The van der Waals surface area contributed by atoms with Crippen molar-refractivity contribution in [2.24, 2.45) is 0 Å². The molecule has 234 valence electrons. The number of phenolic OH excluding ortho intramolecular Hbond substituents is 2. The van der Waals surface area contributed by atoms with Crippen LogP contribution in [0.25, 0.3) is 34.2 Å². The van der Waals surface area contributed by atoms with Gasteiger partial charge < -0.3 is 29.2 Å². The molecule has 0 fully saturated rings. The minimum absolute atomic E-state index is 0.0318. The van der Waals surface area contributed by atoms with Crippen molar-refractivity contribution in [3.05, 3.63) is 54.6 Å². The minimum Gasteiger partial charge on any atom is -0.507 e. The lowest BCUT2D eigenvalue weighted by Gasteiger charge is -2.15. The Morgan fingerprint density at radius 1 is 0.500 bits per heavy atom. The molecule has 0 saturated heterocycles. The lowest BCUT2D eigenvalue weighted by Crippen LogP contribution is -2.04. The average molecular weight is 602 g/mol. The minimum atomic E-state index is -0.0318. The molecule has 44 heavy (non-hydrogen) atoms. The van der Waals surface area contributed by atoms with Gasteiger partial charge in [0.2, 0.25) is 0 Å². The van der Waals surface area contributed by atoms with Crippen LogP contribution in [0.2, 0.25) is 0 Å². The molecule has 0 aliphatic carbocycles. The van der Waals surface area contributed by atoms with E-state index in [9.17, 15) is 10.2 Å². The molecule has 2 N–H and O–H groups in total. The van der Waals surface area contributed by atoms with E-state index in [2.05, 4.69) is 25.8 Å². The second-order valence-corrected chi connectivity index (χ2v) is 10.4. The van der Waals surface area contributed by atoms with Crippen molar-refractivity contribution in [3.8, 4) is 68.7 Å². The Morgan fingerprint density at radius 3 is 1.27 bits per heavy atom. The highest BCUT2D eigenvalue weighted by Gasteiger charge is 2.20. The molecule has 0 aliphatic rings. The number of hydrogen-bond acceptors (Lipinski definition) is 9. The molecule has 1 heterocycles. The van der Waals surface area contributed by atoms with E-state index in [-0.39, 0.29) is 23.1 Å². The number of benzene rings is 3. The second kappa shape index (κ2) is 16.4. The Balaban J connectivity index is 1.80. The fraction of sp³-hybridized carbons (Fsp3) is 0.400. The predicted molar refractivity (Wildman–Crippen MR) is 172 cm³/mol. The van der Waals surface area contributed by atoms with Crippen molar-refractivity contribution in [1.29, 1.82) is 0 Å². The molecule has 0 radical (unpaired) electrons. The summed E-state index contributed by atoms with van der Waals surface area (Å²) in [4.78, 5) is 14.2. The smallest absolute Gasteiger partial charge is 0.167 e. The molecule has 1 aromatic heterocycles. The molecule has 0 atom stereocenters. The molecule has 4 aromatic rings. The van der Waals surface area contributed by atoms with Crippen LogP contribution in [0.15, 0.2) is 54.6 Å². The highest BCUT2D eigenvalue weighted by Crippen LogP contribution is 2.38. The zero-order valence-electron chi connectivity index (χ0n) is 26.1. The van der Waals surface area contributed by atoms with E-state index in [0.29, 0.717) is 71.9 Å². The highest BCUT2D eigenvalue weighted by atomic mass is 16.5. The summed E-state index contributed by atoms with van der Waals surface area (Å²) in [5, 5.41) is 22.0. The number of ether oxygens (including phenoxy) is 4. The van der Waals surface area contributed by atoms with Gasteiger partial charge >= 0.3 is 0 Å². The standard InChI is InChI=1S/C35H43N3O6/c1-5-9-18-42-24-12-15-27(30(39)21-24)33-36-34(28-16-13-25(22-31(28)40)43-19-10-6-2)38-35(37-33)29-17-14-26(44-20-11-7-3)23-32(29)41-8-4/h12-17,21-23,39-40H,5-11,18-20H2,1-4H3. The van der Waals surface area contributed by atoms with Crippen molar-refractivity contribution in [2.75, 3.05) is 26.4 Å². The van der Waals surface area contributed by atoms with Gasteiger partial charge in [0.15, 0.2) is 17.5 Å². The van der Waals surface area contributed by atoms with Gasteiger partial charge in [-0.2, -0.15) is 0 Å². The molecular formula is C35H43N3O6. The summed E-state index contributed by atoms with van der Waals surface area (Å²) >= 11 is 0. The van der Waals surface area contributed by atoms with Gasteiger partial charge in [0, 0.05) is 18.2 Å².